The molecule has 5 rings (SSSR count). The minimum Gasteiger partial charge on any atom is -0.494 e. The summed E-state index contributed by atoms with van der Waals surface area (Å²) < 4.78 is 0. The highest BCUT2D eigenvalue weighted by Gasteiger charge is 2.26. The fraction of sp³-hybridized carbons (Fsp3) is 0.304. The number of aromatic hydroxyl groups is 1. The van der Waals surface area contributed by atoms with Gasteiger partial charge in [0, 0.05) is 46.7 Å². The Morgan fingerprint density at radius 1 is 1.16 bits per heavy atom. The number of nitrogens with one attached hydrogen (secondary N) is 4. The van der Waals surface area contributed by atoms with Gasteiger partial charge in [-0.15, -0.1) is 0 Å². The number of fused-ring (bicyclic) bond motifs is 1. The molecule has 0 unspecified atom stereocenters. The number of rotatable bonds is 5. The Morgan fingerprint density at radius 2 is 2.03 bits per heavy atom. The van der Waals surface area contributed by atoms with Crippen molar-refractivity contribution in [1.29, 1.82) is 0 Å². The topological polar surface area (TPSA) is 128 Å². The number of anilines is 3. The molecule has 0 amide bonds. The van der Waals surface area contributed by atoms with Crippen molar-refractivity contribution in [2.24, 2.45) is 5.73 Å². The van der Waals surface area contributed by atoms with E-state index < -0.39 is 0 Å². The van der Waals surface area contributed by atoms with Crippen molar-refractivity contribution in [2.75, 3.05) is 10.6 Å². The average molecular weight is 418 g/mol. The van der Waals surface area contributed by atoms with E-state index in [2.05, 4.69) is 25.8 Å². The molecule has 1 aromatic carbocycles. The van der Waals surface area contributed by atoms with Gasteiger partial charge in [-0.3, -0.25) is 5.10 Å². The molecule has 2 atom stereocenters. The lowest BCUT2D eigenvalue weighted by Crippen LogP contribution is -2.42. The van der Waals surface area contributed by atoms with Crippen molar-refractivity contribution in [1.82, 2.24) is 20.2 Å². The third kappa shape index (κ3) is 3.70. The first-order valence-electron chi connectivity index (χ1n) is 10.7. The number of hydrogen-bond acceptors (Lipinski definition) is 6. The van der Waals surface area contributed by atoms with E-state index >= 15 is 0 Å². The lowest BCUT2D eigenvalue weighted by molar-refractivity contribution is 0.403. The Kier molecular flexibility index (Phi) is 4.99. The molecule has 160 valence electrons. The van der Waals surface area contributed by atoms with Crippen LogP contribution in [-0.4, -0.2) is 37.4 Å². The van der Waals surface area contributed by atoms with Crippen molar-refractivity contribution >= 4 is 28.1 Å². The highest BCUT2D eigenvalue weighted by Crippen LogP contribution is 2.42. The maximum Gasteiger partial charge on any atom is 0.200 e. The smallest absolute Gasteiger partial charge is 0.200 e. The first kappa shape index (κ1) is 19.4. The molecule has 1 aliphatic carbocycles. The summed E-state index contributed by atoms with van der Waals surface area (Å²) in [6.07, 6.45) is 9.72. The maximum atomic E-state index is 10.6. The summed E-state index contributed by atoms with van der Waals surface area (Å²) >= 11 is 0. The Balaban J connectivity index is 1.66. The van der Waals surface area contributed by atoms with Crippen molar-refractivity contribution in [3.8, 4) is 17.0 Å². The van der Waals surface area contributed by atoms with Gasteiger partial charge >= 0.3 is 0 Å². The van der Waals surface area contributed by atoms with Gasteiger partial charge in [0.15, 0.2) is 5.88 Å². The molecular formula is C23H27N7O. The number of aromatic nitrogens is 4. The van der Waals surface area contributed by atoms with Gasteiger partial charge < -0.3 is 26.5 Å². The summed E-state index contributed by atoms with van der Waals surface area (Å²) in [4.78, 5) is 7.89. The molecule has 8 nitrogen and oxygen atoms in total. The van der Waals surface area contributed by atoms with E-state index in [1.54, 1.807) is 6.20 Å². The molecule has 31 heavy (non-hydrogen) atoms. The van der Waals surface area contributed by atoms with Crippen LogP contribution in [0.3, 0.4) is 0 Å². The summed E-state index contributed by atoms with van der Waals surface area (Å²) in [5.41, 5.74) is 10.2. The van der Waals surface area contributed by atoms with Gasteiger partial charge in [0.25, 0.3) is 0 Å². The van der Waals surface area contributed by atoms with Crippen LogP contribution >= 0.6 is 0 Å². The number of nitrogens with two attached hydrogens (primary N) is 1. The van der Waals surface area contributed by atoms with E-state index in [4.69, 9.17) is 10.7 Å². The third-order valence-electron chi connectivity index (χ3n) is 6.04. The highest BCUT2D eigenvalue weighted by atomic mass is 16.3. The van der Waals surface area contributed by atoms with Gasteiger partial charge in [-0.1, -0.05) is 25.0 Å². The van der Waals surface area contributed by atoms with Crippen LogP contribution in [0.15, 0.2) is 42.9 Å². The summed E-state index contributed by atoms with van der Waals surface area (Å²) in [6, 6.07) is 8.29. The minimum atomic E-state index is 0.0725. The molecule has 1 aliphatic rings. The summed E-state index contributed by atoms with van der Waals surface area (Å²) in [7, 11) is 0. The van der Waals surface area contributed by atoms with Crippen LogP contribution in [0, 0.1) is 6.92 Å². The number of pyridine rings is 1. The Bertz CT molecular complexity index is 1200. The van der Waals surface area contributed by atoms with Crippen LogP contribution in [0.4, 0.5) is 17.3 Å². The average Bonchev–Trinajstić information content (AvgIpc) is 3.40. The van der Waals surface area contributed by atoms with Gasteiger partial charge in [-0.05, 0) is 37.5 Å². The first-order chi connectivity index (χ1) is 15.1. The molecule has 0 aliphatic heterocycles. The second-order valence-corrected chi connectivity index (χ2v) is 8.29. The fourth-order valence-electron chi connectivity index (χ4n) is 4.45. The summed E-state index contributed by atoms with van der Waals surface area (Å²) in [5.74, 6) is 1.38. The molecule has 0 saturated heterocycles. The van der Waals surface area contributed by atoms with E-state index in [1.807, 2.05) is 43.6 Å². The predicted octanol–water partition coefficient (Wildman–Crippen LogP) is 4.39. The molecule has 1 fully saturated rings. The van der Waals surface area contributed by atoms with Gasteiger partial charge in [-0.25, -0.2) is 4.98 Å². The standard InChI is InChI=1S/C23H27N7O/c1-13-5-4-6-15(9-13)28-22-20-16(12-25-23(20)31)19(14-10-26-27-11-14)21(30-22)29-18-8-3-2-7-17(18)24/h4-6,9-12,17-18,25,29,31H,2-3,7-8,24H2,1H3,(H,26,27)(H,28,30)/t17-,18+/m0/s1. The van der Waals surface area contributed by atoms with Crippen LogP contribution in [0.1, 0.15) is 31.2 Å². The Morgan fingerprint density at radius 3 is 2.81 bits per heavy atom. The third-order valence-corrected chi connectivity index (χ3v) is 6.04. The van der Waals surface area contributed by atoms with Crippen molar-refractivity contribution in [3.05, 3.63) is 48.4 Å². The maximum absolute atomic E-state index is 10.6. The predicted molar refractivity (Wildman–Crippen MR) is 124 cm³/mol. The van der Waals surface area contributed by atoms with Gasteiger partial charge in [0.2, 0.25) is 0 Å². The molecule has 4 aromatic rings. The normalized spacial score (nSPS) is 18.9. The molecule has 7 N–H and O–H groups in total. The number of hydrogen-bond donors (Lipinski definition) is 6. The molecule has 8 heteroatoms. The number of aromatic amines is 2. The van der Waals surface area contributed by atoms with E-state index in [0.29, 0.717) is 11.2 Å². The van der Waals surface area contributed by atoms with Crippen LogP contribution < -0.4 is 16.4 Å². The SMILES string of the molecule is Cc1cccc(Nc2nc(N[C@@H]3CCCC[C@@H]3N)c(-c3cn[nH]c3)c3c[nH]c(O)c23)c1. The molecule has 3 heterocycles. The van der Waals surface area contributed by atoms with Crippen LogP contribution in [0.25, 0.3) is 21.9 Å². The lowest BCUT2D eigenvalue weighted by atomic mass is 9.90. The van der Waals surface area contributed by atoms with Gasteiger partial charge in [0.05, 0.1) is 11.6 Å². The quantitative estimate of drug-likeness (QED) is 0.286. The summed E-state index contributed by atoms with van der Waals surface area (Å²) in [5, 5.41) is 26.1. The second kappa shape index (κ2) is 7.96. The first-order valence-corrected chi connectivity index (χ1v) is 10.7. The number of nitrogens with zero attached hydrogens (tertiary/aromatic N) is 2. The van der Waals surface area contributed by atoms with E-state index in [9.17, 15) is 5.11 Å². The van der Waals surface area contributed by atoms with E-state index in [-0.39, 0.29) is 18.0 Å². The van der Waals surface area contributed by atoms with Crippen molar-refractivity contribution in [2.45, 2.75) is 44.7 Å². The number of H-pyrrole nitrogens is 2. The van der Waals surface area contributed by atoms with Crippen LogP contribution in [0.5, 0.6) is 5.88 Å². The van der Waals surface area contributed by atoms with Crippen LogP contribution in [0.2, 0.25) is 0 Å². The zero-order valence-electron chi connectivity index (χ0n) is 17.4. The Hall–Kier alpha value is -3.52. The van der Waals surface area contributed by atoms with Gasteiger partial charge in [-0.2, -0.15) is 5.10 Å². The molecule has 0 bridgehead atoms. The highest BCUT2D eigenvalue weighted by molar-refractivity contribution is 6.09. The van der Waals surface area contributed by atoms with Crippen LogP contribution in [-0.2, 0) is 0 Å². The fourth-order valence-corrected chi connectivity index (χ4v) is 4.45. The monoisotopic (exact) mass is 417 g/mol. The number of benzene rings is 1. The van der Waals surface area contributed by atoms with Gasteiger partial charge in [0.1, 0.15) is 11.6 Å². The van der Waals surface area contributed by atoms with Crippen molar-refractivity contribution < 1.29 is 5.11 Å². The molecule has 3 aromatic heterocycles. The van der Waals surface area contributed by atoms with E-state index in [0.717, 1.165) is 59.3 Å². The zero-order chi connectivity index (χ0) is 21.4. The van der Waals surface area contributed by atoms with Crippen molar-refractivity contribution in [3.63, 3.8) is 0 Å². The second-order valence-electron chi connectivity index (χ2n) is 8.29. The molecule has 1 saturated carbocycles. The Labute approximate surface area is 180 Å². The largest absolute Gasteiger partial charge is 0.494 e. The number of aryl methyl sites for hydroxylation is 1. The minimum absolute atomic E-state index is 0.0725. The molecule has 0 spiro atoms. The zero-order valence-corrected chi connectivity index (χ0v) is 17.4. The van der Waals surface area contributed by atoms with E-state index in [1.165, 1.54) is 0 Å². The lowest BCUT2D eigenvalue weighted by Gasteiger charge is -2.30. The summed E-state index contributed by atoms with van der Waals surface area (Å²) in [6.45, 7) is 2.04. The molecular weight excluding hydrogens is 390 g/mol. The molecule has 0 radical (unpaired) electrons.